The largest absolute Gasteiger partial charge is 0.463 e. The molecular weight excluding hydrogens is 869 g/mol. The summed E-state index contributed by atoms with van der Waals surface area (Å²) in [6.45, 7) is 14.8. The Labute approximate surface area is 378 Å². The fourth-order valence-electron chi connectivity index (χ4n) is 7.81. The summed E-state index contributed by atoms with van der Waals surface area (Å²) in [5.41, 5.74) is -0.0675. The number of esters is 4. The van der Waals surface area contributed by atoms with Crippen molar-refractivity contribution in [2.45, 2.75) is 128 Å². The lowest BCUT2D eigenvalue weighted by molar-refractivity contribution is -0.340. The van der Waals surface area contributed by atoms with Gasteiger partial charge in [0, 0.05) is 27.7 Å². The molecule has 4 aliphatic heterocycles. The molecule has 0 unspecified atom stereocenters. The van der Waals surface area contributed by atoms with Crippen LogP contribution in [0.15, 0.2) is 61.2 Å². The highest BCUT2D eigenvalue weighted by Crippen LogP contribution is 2.42. The van der Waals surface area contributed by atoms with Gasteiger partial charge in [-0.05, 0) is 42.4 Å². The average Bonchev–Trinajstić information content (AvgIpc) is 3.63. The summed E-state index contributed by atoms with van der Waals surface area (Å²) in [6, 6.07) is 8.26. The van der Waals surface area contributed by atoms with E-state index in [1.54, 1.807) is 12.1 Å². The minimum atomic E-state index is -2.91. The third-order valence-electron chi connectivity index (χ3n) is 11.7. The number of imide groups is 2. The van der Waals surface area contributed by atoms with Crippen LogP contribution in [0.25, 0.3) is 0 Å². The Kier molecular flexibility index (Phi) is 14.2. The lowest BCUT2D eigenvalue weighted by Gasteiger charge is -2.52. The molecule has 0 spiro atoms. The van der Waals surface area contributed by atoms with Crippen LogP contribution in [0.2, 0.25) is 18.1 Å². The number of nitrogens with zero attached hydrogens (tertiary/aromatic N) is 2. The molecule has 6 rings (SSSR count). The molecule has 2 aromatic carbocycles. The smallest absolute Gasteiger partial charge is 0.303 e. The van der Waals surface area contributed by atoms with Gasteiger partial charge in [0.15, 0.2) is 39.2 Å². The first-order chi connectivity index (χ1) is 31.0. The second-order valence-electron chi connectivity index (χ2n) is 17.3. The van der Waals surface area contributed by atoms with Crippen molar-refractivity contribution >= 4 is 55.8 Å². The molecule has 0 aromatic heterocycles. The Balaban J connectivity index is 1.58. The van der Waals surface area contributed by atoms with Crippen LogP contribution in [-0.2, 0) is 61.5 Å². The highest BCUT2D eigenvalue weighted by Gasteiger charge is 2.62. The van der Waals surface area contributed by atoms with Gasteiger partial charge in [0.25, 0.3) is 23.6 Å². The molecule has 2 saturated heterocycles. The number of ether oxygens (including phenoxy) is 8. The van der Waals surface area contributed by atoms with Gasteiger partial charge in [0.2, 0.25) is 0 Å². The summed E-state index contributed by atoms with van der Waals surface area (Å²) < 4.78 is 64.9. The van der Waals surface area contributed by atoms with E-state index in [2.05, 4.69) is 6.58 Å². The number of rotatable bonds is 15. The van der Waals surface area contributed by atoms with Crippen LogP contribution >= 0.6 is 0 Å². The Morgan fingerprint density at radius 2 is 1.09 bits per heavy atom. The van der Waals surface area contributed by atoms with Crippen molar-refractivity contribution in [1.29, 1.82) is 0 Å². The SMILES string of the molecule is [2H][C@H](O[Si](C)(C)C(C)(C)C)[C@H]1O[C@@H](OCC=C)[C@H](N2C(=O)c3ccccc3C2=O)[C@@H](OC(C)=O)[C@@H]1O[C@@H]1O[C@H](COC(C)=O)[C@@H](OC(C)=O)[C@H](OC(C)=O)[C@H]1N1C(=O)c2ccccc2C1=O. The minimum Gasteiger partial charge on any atom is -0.463 e. The predicted octanol–water partition coefficient (Wildman–Crippen LogP) is 3.73. The van der Waals surface area contributed by atoms with Crippen molar-refractivity contribution in [2.75, 3.05) is 19.8 Å². The Morgan fingerprint density at radius 3 is 1.51 bits per heavy atom. The van der Waals surface area contributed by atoms with Crippen LogP contribution < -0.4 is 0 Å². The zero-order chi connectivity index (χ0) is 48.6. The highest BCUT2D eigenvalue weighted by molar-refractivity contribution is 6.74. The van der Waals surface area contributed by atoms with Crippen LogP contribution in [0, 0.1) is 0 Å². The topological polar surface area (TPSA) is 226 Å². The molecule has 350 valence electrons. The van der Waals surface area contributed by atoms with Crippen molar-refractivity contribution < 1.29 is 82.0 Å². The quantitative estimate of drug-likeness (QED) is 0.0815. The summed E-state index contributed by atoms with van der Waals surface area (Å²) in [5.74, 6) is -7.06. The summed E-state index contributed by atoms with van der Waals surface area (Å²) in [7, 11) is -2.91. The van der Waals surface area contributed by atoms with E-state index in [9.17, 15) is 39.7 Å². The third-order valence-corrected chi connectivity index (χ3v) is 16.1. The maximum absolute atomic E-state index is 14.4. The van der Waals surface area contributed by atoms with E-state index in [1.807, 2.05) is 33.9 Å². The number of carbonyl (C=O) groups is 8. The molecule has 0 bridgehead atoms. The van der Waals surface area contributed by atoms with Gasteiger partial charge < -0.3 is 42.3 Å². The van der Waals surface area contributed by atoms with Gasteiger partial charge in [-0.15, -0.1) is 6.58 Å². The number of carbonyl (C=O) groups excluding carboxylic acids is 8. The molecule has 4 amide bonds. The highest BCUT2D eigenvalue weighted by atomic mass is 28.4. The Morgan fingerprint density at radius 1 is 0.677 bits per heavy atom. The monoisotopic (exact) mass is 923 g/mol. The van der Waals surface area contributed by atoms with E-state index in [1.165, 1.54) is 42.5 Å². The molecule has 19 nitrogen and oxygen atoms in total. The molecule has 2 fully saturated rings. The molecule has 65 heavy (non-hydrogen) atoms. The maximum Gasteiger partial charge on any atom is 0.303 e. The van der Waals surface area contributed by atoms with E-state index >= 15 is 0 Å². The van der Waals surface area contributed by atoms with Gasteiger partial charge in [-0.2, -0.15) is 0 Å². The van der Waals surface area contributed by atoms with Crippen LogP contribution in [0.5, 0.6) is 0 Å². The molecule has 4 aliphatic rings. The second kappa shape index (κ2) is 19.4. The third kappa shape index (κ3) is 9.97. The van der Waals surface area contributed by atoms with E-state index in [0.29, 0.717) is 4.90 Å². The number of fused-ring (bicyclic) bond motifs is 2. The zero-order valence-corrected chi connectivity index (χ0v) is 38.5. The molecule has 2 aromatic rings. The summed E-state index contributed by atoms with van der Waals surface area (Å²) in [4.78, 5) is 110. The molecule has 0 aliphatic carbocycles. The number of hydrogen-bond acceptors (Lipinski definition) is 17. The molecule has 0 N–H and O–H groups in total. The standard InChI is InChI=1S/C45H54N2O17Si/c1-11-20-56-43-33(46-39(52)27-16-12-13-17-28(27)40(46)53)37(60-25(4)50)36(32(62-43)22-58-65(9,10)45(6,7)8)64-44-34(47-41(54)29-18-14-15-19-30(29)42(47)55)38(61-26(5)51)35(59-24(3)49)31(63-44)21-57-23(2)48/h11-19,31-38,43-44H,1,20-22H2,2-10H3/t31-,32-,33-,34-,35-,36-,37-,38-,43-,44+/m1/s1/i22D/t22-,31+,32+,33+,34+,35+,36+,37+,38+,43+,44-/m0. The van der Waals surface area contributed by atoms with Gasteiger partial charge in [-0.25, -0.2) is 0 Å². The number of amides is 4. The molecule has 0 radical (unpaired) electrons. The van der Waals surface area contributed by atoms with Crippen molar-refractivity contribution in [2.24, 2.45) is 0 Å². The second-order valence-corrected chi connectivity index (χ2v) is 22.1. The van der Waals surface area contributed by atoms with Crippen molar-refractivity contribution in [3.8, 4) is 0 Å². The lowest BCUT2D eigenvalue weighted by Crippen LogP contribution is -2.71. The summed E-state index contributed by atoms with van der Waals surface area (Å²) in [5, 5.41) is -0.482. The first kappa shape index (κ1) is 47.3. The zero-order valence-electron chi connectivity index (χ0n) is 38.5. The fourth-order valence-corrected chi connectivity index (χ4v) is 8.63. The molecule has 0 saturated carbocycles. The Bertz CT molecular complexity index is 2210. The van der Waals surface area contributed by atoms with Gasteiger partial charge >= 0.3 is 23.9 Å². The van der Waals surface area contributed by atoms with Crippen molar-refractivity contribution in [3.05, 3.63) is 83.4 Å². The van der Waals surface area contributed by atoms with Crippen LogP contribution in [0.4, 0.5) is 0 Å². The van der Waals surface area contributed by atoms with Gasteiger partial charge in [0.1, 0.15) is 37.0 Å². The first-order valence-corrected chi connectivity index (χ1v) is 23.8. The van der Waals surface area contributed by atoms with Crippen molar-refractivity contribution in [1.82, 2.24) is 9.80 Å². The average molecular weight is 924 g/mol. The fraction of sp³-hybridized carbons (Fsp3) is 0.511. The summed E-state index contributed by atoms with van der Waals surface area (Å²) in [6.07, 6.45) is -12.7. The van der Waals surface area contributed by atoms with Gasteiger partial charge in [-0.1, -0.05) is 51.1 Å². The predicted molar refractivity (Wildman–Crippen MR) is 226 cm³/mol. The molecule has 20 heteroatoms. The summed E-state index contributed by atoms with van der Waals surface area (Å²) >= 11 is 0. The van der Waals surface area contributed by atoms with Crippen molar-refractivity contribution in [3.63, 3.8) is 0 Å². The number of benzene rings is 2. The maximum atomic E-state index is 14.4. The lowest BCUT2D eigenvalue weighted by atomic mass is 9.92. The van der Waals surface area contributed by atoms with Gasteiger partial charge in [-0.3, -0.25) is 48.2 Å². The molecule has 4 heterocycles. The molecule has 11 atom stereocenters. The van der Waals surface area contributed by atoms with Crippen LogP contribution in [0.1, 0.15) is 91.3 Å². The van der Waals surface area contributed by atoms with Crippen LogP contribution in [-0.4, -0.2) is 147 Å². The first-order valence-electron chi connectivity index (χ1n) is 21.4. The normalized spacial score (nSPS) is 28.5. The van der Waals surface area contributed by atoms with Gasteiger partial charge in [0.05, 0.1) is 36.8 Å². The Hall–Kier alpha value is -5.64. The van der Waals surface area contributed by atoms with E-state index < -0.39 is 135 Å². The van der Waals surface area contributed by atoms with E-state index in [0.717, 1.165) is 32.6 Å². The minimum absolute atomic E-state index is 0.0149. The number of hydrogen-bond donors (Lipinski definition) is 0. The van der Waals surface area contributed by atoms with E-state index in [-0.39, 0.29) is 28.9 Å². The van der Waals surface area contributed by atoms with E-state index in [4.69, 9.17) is 42.3 Å². The van der Waals surface area contributed by atoms with Crippen LogP contribution in [0.3, 0.4) is 0 Å². The molecular formula is C45H54N2O17Si.